The van der Waals surface area contributed by atoms with Crippen LogP contribution in [-0.2, 0) is 14.8 Å². The van der Waals surface area contributed by atoms with E-state index in [0.29, 0.717) is 16.9 Å². The number of sulfonamides is 1. The number of carbonyl (C=O) groups is 2. The quantitative estimate of drug-likeness (QED) is 0.527. The Kier molecular flexibility index (Phi) is 7.16. The number of likely N-dealkylation sites (N-methyl/N-ethyl adjacent to an activating group) is 1. The Morgan fingerprint density at radius 1 is 0.970 bits per heavy atom. The fourth-order valence-electron chi connectivity index (χ4n) is 3.03. The molecule has 0 fully saturated rings. The lowest BCUT2D eigenvalue weighted by Crippen LogP contribution is -2.35. The summed E-state index contributed by atoms with van der Waals surface area (Å²) in [5.74, 6) is 1.58. The smallest absolute Gasteiger partial charge is 0.261 e. The minimum Gasteiger partial charge on any atom is -0.332 e. The fraction of sp³-hybridized carbons (Fsp3) is 0.120. The zero-order chi connectivity index (χ0) is 24.0. The number of hydrogen-bond donors (Lipinski definition) is 2. The van der Waals surface area contributed by atoms with Crippen LogP contribution in [0.25, 0.3) is 0 Å². The van der Waals surface area contributed by atoms with Crippen molar-refractivity contribution in [1.29, 1.82) is 0 Å². The van der Waals surface area contributed by atoms with Gasteiger partial charge in [-0.15, -0.1) is 6.42 Å². The van der Waals surface area contributed by atoms with Gasteiger partial charge in [-0.2, -0.15) is 0 Å². The number of nitrogens with one attached hydrogen (secondary N) is 2. The molecule has 0 spiro atoms. The molecule has 0 aromatic heterocycles. The number of amides is 2. The van der Waals surface area contributed by atoms with Crippen LogP contribution in [0.15, 0.2) is 77.7 Å². The second kappa shape index (κ2) is 10.0. The van der Waals surface area contributed by atoms with Crippen molar-refractivity contribution in [3.8, 4) is 12.3 Å². The van der Waals surface area contributed by atoms with Crippen molar-refractivity contribution in [1.82, 2.24) is 4.90 Å². The molecule has 0 aliphatic carbocycles. The van der Waals surface area contributed by atoms with Gasteiger partial charge in [0.2, 0.25) is 5.91 Å². The van der Waals surface area contributed by atoms with Crippen LogP contribution in [-0.4, -0.2) is 38.7 Å². The van der Waals surface area contributed by atoms with E-state index in [4.69, 9.17) is 6.42 Å². The van der Waals surface area contributed by atoms with Crippen molar-refractivity contribution < 1.29 is 18.0 Å². The van der Waals surface area contributed by atoms with Gasteiger partial charge < -0.3 is 10.2 Å². The molecule has 168 valence electrons. The number of hydrogen-bond acceptors (Lipinski definition) is 4. The Bertz CT molecular complexity index is 1330. The van der Waals surface area contributed by atoms with E-state index in [1.807, 2.05) is 6.92 Å². The number of anilines is 2. The first-order valence-electron chi connectivity index (χ1n) is 9.99. The van der Waals surface area contributed by atoms with E-state index in [9.17, 15) is 18.0 Å². The average molecular weight is 462 g/mol. The third-order valence-electron chi connectivity index (χ3n) is 4.74. The van der Waals surface area contributed by atoms with E-state index in [0.717, 1.165) is 5.56 Å². The van der Waals surface area contributed by atoms with Crippen LogP contribution >= 0.6 is 0 Å². The van der Waals surface area contributed by atoms with Gasteiger partial charge in [0.15, 0.2) is 0 Å². The SMILES string of the molecule is C#Cc1cccc(NC(=O)CN(C)C(=O)c2cccc(S(=O)(=O)Nc3ccc(C)cc3)c2)c1. The Labute approximate surface area is 193 Å². The van der Waals surface area contributed by atoms with Crippen LogP contribution in [0.4, 0.5) is 11.4 Å². The summed E-state index contributed by atoms with van der Waals surface area (Å²) in [4.78, 5) is 26.3. The van der Waals surface area contributed by atoms with E-state index in [1.165, 1.54) is 36.2 Å². The van der Waals surface area contributed by atoms with Gasteiger partial charge in [0.1, 0.15) is 0 Å². The Hall–Kier alpha value is -4.09. The summed E-state index contributed by atoms with van der Waals surface area (Å²) in [6.45, 7) is 1.68. The molecular weight excluding hydrogens is 438 g/mol. The molecule has 2 amide bonds. The van der Waals surface area contributed by atoms with Crippen LogP contribution in [0.1, 0.15) is 21.5 Å². The summed E-state index contributed by atoms with van der Waals surface area (Å²) >= 11 is 0. The van der Waals surface area contributed by atoms with Gasteiger partial charge in [-0.3, -0.25) is 14.3 Å². The molecule has 0 aliphatic rings. The second-order valence-corrected chi connectivity index (χ2v) is 9.12. The van der Waals surface area contributed by atoms with E-state index < -0.39 is 21.8 Å². The molecule has 0 atom stereocenters. The normalized spacial score (nSPS) is 10.7. The van der Waals surface area contributed by atoms with Crippen molar-refractivity contribution >= 4 is 33.2 Å². The zero-order valence-electron chi connectivity index (χ0n) is 18.2. The summed E-state index contributed by atoms with van der Waals surface area (Å²) in [7, 11) is -2.43. The molecule has 0 saturated carbocycles. The molecule has 3 aromatic carbocycles. The number of carbonyl (C=O) groups excluding carboxylic acids is 2. The highest BCUT2D eigenvalue weighted by molar-refractivity contribution is 7.92. The maximum absolute atomic E-state index is 12.8. The second-order valence-electron chi connectivity index (χ2n) is 7.43. The molecule has 0 unspecified atom stereocenters. The summed E-state index contributed by atoms with van der Waals surface area (Å²) in [6, 6.07) is 19.4. The van der Waals surface area contributed by atoms with Crippen molar-refractivity contribution in [2.45, 2.75) is 11.8 Å². The highest BCUT2D eigenvalue weighted by atomic mass is 32.2. The summed E-state index contributed by atoms with van der Waals surface area (Å²) in [5.41, 5.74) is 2.70. The number of nitrogens with zero attached hydrogens (tertiary/aromatic N) is 1. The van der Waals surface area contributed by atoms with Gasteiger partial charge in [-0.05, 0) is 55.5 Å². The average Bonchev–Trinajstić information content (AvgIpc) is 2.80. The highest BCUT2D eigenvalue weighted by Gasteiger charge is 2.19. The lowest BCUT2D eigenvalue weighted by Gasteiger charge is -2.17. The van der Waals surface area contributed by atoms with Crippen molar-refractivity contribution in [3.63, 3.8) is 0 Å². The summed E-state index contributed by atoms with van der Waals surface area (Å²) in [5, 5.41) is 2.69. The van der Waals surface area contributed by atoms with Crippen LogP contribution in [0.5, 0.6) is 0 Å². The summed E-state index contributed by atoms with van der Waals surface area (Å²) < 4.78 is 28.0. The molecule has 0 aliphatic heterocycles. The van der Waals surface area contributed by atoms with Crippen LogP contribution in [0, 0.1) is 19.3 Å². The molecule has 0 heterocycles. The topological polar surface area (TPSA) is 95.6 Å². The van der Waals surface area contributed by atoms with Crippen LogP contribution in [0.2, 0.25) is 0 Å². The molecule has 2 N–H and O–H groups in total. The largest absolute Gasteiger partial charge is 0.332 e. The lowest BCUT2D eigenvalue weighted by molar-refractivity contribution is -0.116. The van der Waals surface area contributed by atoms with Crippen LogP contribution < -0.4 is 10.0 Å². The standard InChI is InChI=1S/C25H23N3O4S/c1-4-19-7-5-9-22(15-19)26-24(29)17-28(3)25(30)20-8-6-10-23(16-20)33(31,32)27-21-13-11-18(2)12-14-21/h1,5-16,27H,17H2,2-3H3,(H,26,29). The predicted octanol–water partition coefficient (Wildman–Crippen LogP) is 3.49. The number of rotatable bonds is 7. The minimum absolute atomic E-state index is 0.0575. The van der Waals surface area contributed by atoms with Gasteiger partial charge in [-0.25, -0.2) is 8.42 Å². The maximum atomic E-state index is 12.8. The summed E-state index contributed by atoms with van der Waals surface area (Å²) in [6.07, 6.45) is 5.36. The van der Waals surface area contributed by atoms with Crippen molar-refractivity contribution in [3.05, 3.63) is 89.5 Å². The molecule has 0 radical (unpaired) electrons. The fourth-order valence-corrected chi connectivity index (χ4v) is 4.13. The third-order valence-corrected chi connectivity index (χ3v) is 6.11. The lowest BCUT2D eigenvalue weighted by atomic mass is 10.2. The Morgan fingerprint density at radius 3 is 2.36 bits per heavy atom. The first-order valence-corrected chi connectivity index (χ1v) is 11.5. The van der Waals surface area contributed by atoms with Crippen molar-refractivity contribution in [2.75, 3.05) is 23.6 Å². The number of terminal acetylenes is 1. The number of benzene rings is 3. The van der Waals surface area contributed by atoms with Gasteiger partial charge in [0, 0.05) is 29.5 Å². The van der Waals surface area contributed by atoms with Crippen molar-refractivity contribution in [2.24, 2.45) is 0 Å². The zero-order valence-corrected chi connectivity index (χ0v) is 19.0. The number of aryl methyl sites for hydroxylation is 1. The van der Waals surface area contributed by atoms with E-state index in [2.05, 4.69) is 16.0 Å². The van der Waals surface area contributed by atoms with Gasteiger partial charge in [0.25, 0.3) is 15.9 Å². The molecule has 0 saturated heterocycles. The van der Waals surface area contributed by atoms with E-state index >= 15 is 0 Å². The van der Waals surface area contributed by atoms with Crippen LogP contribution in [0.3, 0.4) is 0 Å². The first kappa shape index (κ1) is 23.6. The van der Waals surface area contributed by atoms with Gasteiger partial charge >= 0.3 is 0 Å². The highest BCUT2D eigenvalue weighted by Crippen LogP contribution is 2.18. The Morgan fingerprint density at radius 2 is 1.67 bits per heavy atom. The molecular formula is C25H23N3O4S. The van der Waals surface area contributed by atoms with Gasteiger partial charge in [-0.1, -0.05) is 35.7 Å². The molecule has 3 aromatic rings. The third kappa shape index (κ3) is 6.21. The molecule has 33 heavy (non-hydrogen) atoms. The Balaban J connectivity index is 1.69. The molecule has 7 nitrogen and oxygen atoms in total. The van der Waals surface area contributed by atoms with Gasteiger partial charge in [0.05, 0.1) is 11.4 Å². The molecule has 0 bridgehead atoms. The monoisotopic (exact) mass is 461 g/mol. The maximum Gasteiger partial charge on any atom is 0.261 e. The molecule has 8 heteroatoms. The molecule has 3 rings (SSSR count). The van der Waals surface area contributed by atoms with E-state index in [1.54, 1.807) is 48.5 Å². The van der Waals surface area contributed by atoms with E-state index in [-0.39, 0.29) is 17.0 Å². The minimum atomic E-state index is -3.89. The first-order chi connectivity index (χ1) is 15.7. The predicted molar refractivity (Wildman–Crippen MR) is 128 cm³/mol.